The topological polar surface area (TPSA) is 14.2 Å². The van der Waals surface area contributed by atoms with Crippen LogP contribution in [0.4, 0.5) is 8.78 Å². The first-order chi connectivity index (χ1) is 12.2. The number of rotatable bonds is 4. The fraction of sp³-hybridized carbons (Fsp3) is 0.0476. The highest BCUT2D eigenvalue weighted by Crippen LogP contribution is 2.30. The Balaban J connectivity index is 1.72. The van der Waals surface area contributed by atoms with Crippen LogP contribution in [0.25, 0.3) is 16.6 Å². The van der Waals surface area contributed by atoms with E-state index in [2.05, 4.69) is 0 Å². The summed E-state index contributed by atoms with van der Waals surface area (Å²) in [5.41, 5.74) is 2.45. The van der Waals surface area contributed by atoms with Gasteiger partial charge in [-0.05, 0) is 42.0 Å². The molecule has 0 aliphatic heterocycles. The molecule has 0 N–H and O–H groups in total. The molecule has 0 spiro atoms. The predicted molar refractivity (Wildman–Crippen MR) is 94.0 cm³/mol. The van der Waals surface area contributed by atoms with E-state index in [1.54, 1.807) is 12.1 Å². The Morgan fingerprint density at radius 1 is 0.800 bits per heavy atom. The number of fused-ring (bicyclic) bond motifs is 1. The summed E-state index contributed by atoms with van der Waals surface area (Å²) >= 11 is 0. The van der Waals surface area contributed by atoms with Crippen molar-refractivity contribution in [2.75, 3.05) is 0 Å². The van der Waals surface area contributed by atoms with Crippen molar-refractivity contribution in [1.82, 2.24) is 4.57 Å². The normalized spacial score (nSPS) is 11.0. The Morgan fingerprint density at radius 2 is 1.56 bits per heavy atom. The maximum absolute atomic E-state index is 14.1. The Kier molecular flexibility index (Phi) is 3.94. The van der Waals surface area contributed by atoms with Gasteiger partial charge in [0.25, 0.3) is 0 Å². The summed E-state index contributed by atoms with van der Waals surface area (Å²) in [6.45, 7) is 0.362. The molecule has 0 saturated heterocycles. The summed E-state index contributed by atoms with van der Waals surface area (Å²) in [5, 5.41) is 0.807. The van der Waals surface area contributed by atoms with Gasteiger partial charge in [-0.15, -0.1) is 0 Å². The third-order valence-corrected chi connectivity index (χ3v) is 4.08. The molecule has 0 aliphatic carbocycles. The molecule has 0 atom stereocenters. The molecule has 2 nitrogen and oxygen atoms in total. The quantitative estimate of drug-likeness (QED) is 0.481. The van der Waals surface area contributed by atoms with Gasteiger partial charge in [0.2, 0.25) is 0 Å². The van der Waals surface area contributed by atoms with Crippen LogP contribution in [0, 0.1) is 11.6 Å². The number of halogens is 2. The summed E-state index contributed by atoms with van der Waals surface area (Å²) in [7, 11) is 0. The lowest BCUT2D eigenvalue weighted by Gasteiger charge is -2.10. The minimum atomic E-state index is -0.377. The highest BCUT2D eigenvalue weighted by molar-refractivity contribution is 5.88. The van der Waals surface area contributed by atoms with E-state index in [4.69, 9.17) is 4.74 Å². The van der Waals surface area contributed by atoms with E-state index in [0.29, 0.717) is 17.9 Å². The first-order valence-electron chi connectivity index (χ1n) is 7.94. The first kappa shape index (κ1) is 15.4. The van der Waals surface area contributed by atoms with E-state index in [9.17, 15) is 8.78 Å². The van der Waals surface area contributed by atoms with E-state index in [1.165, 1.54) is 24.3 Å². The number of aromatic nitrogens is 1. The molecule has 0 amide bonds. The van der Waals surface area contributed by atoms with Crippen molar-refractivity contribution in [3.05, 3.63) is 96.2 Å². The second kappa shape index (κ2) is 6.40. The van der Waals surface area contributed by atoms with Crippen molar-refractivity contribution in [2.24, 2.45) is 0 Å². The molecule has 4 rings (SSSR count). The van der Waals surface area contributed by atoms with Gasteiger partial charge < -0.3 is 9.30 Å². The third kappa shape index (κ3) is 3.11. The summed E-state index contributed by atoms with van der Waals surface area (Å²) in [5.74, 6) is -0.199. The zero-order chi connectivity index (χ0) is 17.2. The van der Waals surface area contributed by atoms with Crippen LogP contribution in [0.15, 0.2) is 79.0 Å². The van der Waals surface area contributed by atoms with E-state index >= 15 is 0 Å². The molecular formula is C21H15F2NO. The number of nitrogens with zero attached hydrogens (tertiary/aromatic N) is 1. The van der Waals surface area contributed by atoms with Gasteiger partial charge in [-0.25, -0.2) is 8.78 Å². The minimum absolute atomic E-state index is 0.307. The van der Waals surface area contributed by atoms with Crippen LogP contribution in [-0.4, -0.2) is 4.57 Å². The molecule has 3 aromatic carbocycles. The highest BCUT2D eigenvalue weighted by Gasteiger charge is 2.11. The fourth-order valence-corrected chi connectivity index (χ4v) is 2.86. The van der Waals surface area contributed by atoms with Crippen molar-refractivity contribution in [1.29, 1.82) is 0 Å². The number of benzene rings is 3. The van der Waals surface area contributed by atoms with E-state index in [-0.39, 0.29) is 11.6 Å². The van der Waals surface area contributed by atoms with Crippen LogP contribution >= 0.6 is 0 Å². The van der Waals surface area contributed by atoms with Gasteiger partial charge in [0.05, 0.1) is 5.52 Å². The predicted octanol–water partition coefficient (Wildman–Crippen LogP) is 5.49. The van der Waals surface area contributed by atoms with E-state index in [0.717, 1.165) is 16.6 Å². The van der Waals surface area contributed by atoms with Crippen LogP contribution in [0.1, 0.15) is 5.56 Å². The molecular weight excluding hydrogens is 320 g/mol. The third-order valence-electron chi connectivity index (χ3n) is 4.08. The monoisotopic (exact) mass is 335 g/mol. The van der Waals surface area contributed by atoms with Gasteiger partial charge >= 0.3 is 0 Å². The molecule has 4 heteroatoms. The Hall–Kier alpha value is -3.14. The maximum atomic E-state index is 14.1. The van der Waals surface area contributed by atoms with Crippen LogP contribution in [0.3, 0.4) is 0 Å². The summed E-state index contributed by atoms with van der Waals surface area (Å²) in [6, 6.07) is 20.5. The standard InChI is InChI=1S/C21H15F2NO/c22-16-6-8-18(9-7-16)24-11-10-19-20(24)12-17(23)13-21(19)25-14-15-4-2-1-3-5-15/h1-13H,14H2. The van der Waals surface area contributed by atoms with Crippen molar-refractivity contribution < 1.29 is 13.5 Å². The van der Waals surface area contributed by atoms with Crippen LogP contribution in [0.5, 0.6) is 5.75 Å². The zero-order valence-corrected chi connectivity index (χ0v) is 13.3. The van der Waals surface area contributed by atoms with E-state index < -0.39 is 0 Å². The molecule has 0 saturated carbocycles. The number of hydrogen-bond donors (Lipinski definition) is 0. The van der Waals surface area contributed by atoms with Gasteiger partial charge in [-0.1, -0.05) is 30.3 Å². The SMILES string of the molecule is Fc1ccc(-n2ccc3c(OCc4ccccc4)cc(F)cc32)cc1. The summed E-state index contributed by atoms with van der Waals surface area (Å²) < 4.78 is 34.9. The van der Waals surface area contributed by atoms with Gasteiger partial charge in [0.15, 0.2) is 0 Å². The smallest absolute Gasteiger partial charge is 0.132 e. The van der Waals surface area contributed by atoms with Crippen LogP contribution in [0.2, 0.25) is 0 Å². The molecule has 1 heterocycles. The molecule has 0 unspecified atom stereocenters. The van der Waals surface area contributed by atoms with Crippen LogP contribution in [-0.2, 0) is 6.61 Å². The number of ether oxygens (including phenoxy) is 1. The molecule has 25 heavy (non-hydrogen) atoms. The van der Waals surface area contributed by atoms with Gasteiger partial charge in [0.1, 0.15) is 24.0 Å². The van der Waals surface area contributed by atoms with Gasteiger partial charge in [-0.3, -0.25) is 0 Å². The molecule has 0 fully saturated rings. The van der Waals surface area contributed by atoms with Crippen molar-refractivity contribution in [3.8, 4) is 11.4 Å². The lowest BCUT2D eigenvalue weighted by atomic mass is 10.2. The van der Waals surface area contributed by atoms with Crippen LogP contribution < -0.4 is 4.74 Å². The van der Waals surface area contributed by atoms with Gasteiger partial charge in [0, 0.05) is 23.3 Å². The Bertz CT molecular complexity index is 1010. The van der Waals surface area contributed by atoms with Crippen molar-refractivity contribution in [2.45, 2.75) is 6.61 Å². The lowest BCUT2D eigenvalue weighted by Crippen LogP contribution is -1.97. The molecule has 0 aliphatic rings. The minimum Gasteiger partial charge on any atom is -0.488 e. The molecule has 1 aromatic heterocycles. The highest BCUT2D eigenvalue weighted by atomic mass is 19.1. The average molecular weight is 335 g/mol. The summed E-state index contributed by atoms with van der Waals surface area (Å²) in [6.07, 6.45) is 1.83. The molecule has 124 valence electrons. The largest absolute Gasteiger partial charge is 0.488 e. The summed E-state index contributed by atoms with van der Waals surface area (Å²) in [4.78, 5) is 0. The zero-order valence-electron chi connectivity index (χ0n) is 13.3. The molecule has 0 radical (unpaired) electrons. The lowest BCUT2D eigenvalue weighted by molar-refractivity contribution is 0.308. The molecule has 4 aromatic rings. The van der Waals surface area contributed by atoms with Crippen molar-refractivity contribution in [3.63, 3.8) is 0 Å². The van der Waals surface area contributed by atoms with E-state index in [1.807, 2.05) is 47.2 Å². The average Bonchev–Trinajstić information content (AvgIpc) is 3.05. The second-order valence-electron chi connectivity index (χ2n) is 5.77. The van der Waals surface area contributed by atoms with Gasteiger partial charge in [-0.2, -0.15) is 0 Å². The Labute approximate surface area is 143 Å². The number of hydrogen-bond acceptors (Lipinski definition) is 1. The molecule has 0 bridgehead atoms. The van der Waals surface area contributed by atoms with Crippen molar-refractivity contribution >= 4 is 10.9 Å². The fourth-order valence-electron chi connectivity index (χ4n) is 2.86. The Morgan fingerprint density at radius 3 is 2.32 bits per heavy atom. The maximum Gasteiger partial charge on any atom is 0.132 e. The first-order valence-corrected chi connectivity index (χ1v) is 7.94. The second-order valence-corrected chi connectivity index (χ2v) is 5.77.